The monoisotopic (exact) mass is 317 g/mol. The quantitative estimate of drug-likeness (QED) is 0.727. The molecule has 2 aliphatic rings. The first-order valence-corrected chi connectivity index (χ1v) is 7.69. The predicted octanol–water partition coefficient (Wildman–Crippen LogP) is 0.0297. The molecular formula is C16H19N3O4. The zero-order chi connectivity index (χ0) is 16.2. The first-order valence-electron chi connectivity index (χ1n) is 7.69. The van der Waals surface area contributed by atoms with Crippen LogP contribution in [-0.2, 0) is 0 Å². The smallest absolute Gasteiger partial charge is 0.255 e. The summed E-state index contributed by atoms with van der Waals surface area (Å²) in [4.78, 5) is 12.5. The number of amides is 1. The minimum absolute atomic E-state index is 0.0207. The fourth-order valence-corrected chi connectivity index (χ4v) is 2.84. The maximum absolute atomic E-state index is 12.5. The molecule has 1 aromatic carbocycles. The van der Waals surface area contributed by atoms with Crippen molar-refractivity contribution in [3.05, 3.63) is 23.3 Å². The molecule has 1 aromatic rings. The van der Waals surface area contributed by atoms with Crippen molar-refractivity contribution in [1.29, 1.82) is 5.26 Å². The molecule has 0 aromatic heterocycles. The van der Waals surface area contributed by atoms with E-state index in [-0.39, 0.29) is 11.8 Å². The second-order valence-electron chi connectivity index (χ2n) is 5.69. The number of carbonyl (C=O) groups excluding carboxylic acids is 1. The minimum atomic E-state index is -0.469. The molecule has 1 saturated heterocycles. The topological polar surface area (TPSA) is 104 Å². The van der Waals surface area contributed by atoms with Crippen molar-refractivity contribution in [1.82, 2.24) is 10.6 Å². The first kappa shape index (κ1) is 15.6. The van der Waals surface area contributed by atoms with Crippen molar-refractivity contribution >= 4 is 5.91 Å². The fraction of sp³-hybridized carbons (Fsp3) is 0.500. The number of β-amino-alcohol motifs (C(OH)–C–C–N with tert-alkyl or cyclic N) is 1. The van der Waals surface area contributed by atoms with Crippen LogP contribution in [0.5, 0.6) is 11.5 Å². The zero-order valence-corrected chi connectivity index (χ0v) is 12.7. The molecule has 122 valence electrons. The van der Waals surface area contributed by atoms with Gasteiger partial charge in [-0.25, -0.2) is 0 Å². The number of ether oxygens (including phenoxy) is 2. The molecule has 3 N–H and O–H groups in total. The van der Waals surface area contributed by atoms with Gasteiger partial charge in [0.1, 0.15) is 13.2 Å². The van der Waals surface area contributed by atoms with Gasteiger partial charge in [0.25, 0.3) is 5.91 Å². The van der Waals surface area contributed by atoms with E-state index >= 15 is 0 Å². The van der Waals surface area contributed by atoms with Gasteiger partial charge in [-0.3, -0.25) is 4.79 Å². The molecule has 7 heteroatoms. The van der Waals surface area contributed by atoms with Crippen molar-refractivity contribution in [2.24, 2.45) is 5.92 Å². The Morgan fingerprint density at radius 2 is 2.26 bits per heavy atom. The third-order valence-corrected chi connectivity index (χ3v) is 4.13. The number of piperidine rings is 1. The van der Waals surface area contributed by atoms with Crippen molar-refractivity contribution in [3.63, 3.8) is 0 Å². The predicted molar refractivity (Wildman–Crippen MR) is 81.5 cm³/mol. The summed E-state index contributed by atoms with van der Waals surface area (Å²) in [5.74, 6) is 0.489. The van der Waals surface area contributed by atoms with Crippen LogP contribution in [0, 0.1) is 17.2 Å². The Morgan fingerprint density at radius 3 is 3.04 bits per heavy atom. The number of rotatable bonds is 3. The standard InChI is InChI=1S/C16H19N3O4/c17-7-10-5-12(15-14(6-10)22-3-4-23-15)16(21)19-8-11-1-2-18-9-13(11)20/h5-6,11,13,18,20H,1-4,8-9H2,(H,19,21)/t11-,13+/m0/s1. The molecular weight excluding hydrogens is 298 g/mol. The molecule has 2 atom stereocenters. The molecule has 0 radical (unpaired) electrons. The van der Waals surface area contributed by atoms with Gasteiger partial charge in [0.05, 0.1) is 23.3 Å². The lowest BCUT2D eigenvalue weighted by molar-refractivity contribution is 0.0750. The van der Waals surface area contributed by atoms with E-state index in [2.05, 4.69) is 10.6 Å². The minimum Gasteiger partial charge on any atom is -0.486 e. The first-order chi connectivity index (χ1) is 11.2. The second kappa shape index (κ2) is 6.86. The van der Waals surface area contributed by atoms with Gasteiger partial charge in [0, 0.05) is 25.1 Å². The largest absolute Gasteiger partial charge is 0.486 e. The average Bonchev–Trinajstić information content (AvgIpc) is 2.59. The molecule has 2 aliphatic heterocycles. The van der Waals surface area contributed by atoms with E-state index in [9.17, 15) is 9.90 Å². The lowest BCUT2D eigenvalue weighted by Crippen LogP contribution is -2.45. The van der Waals surface area contributed by atoms with Crippen LogP contribution in [0.3, 0.4) is 0 Å². The number of hydrogen-bond acceptors (Lipinski definition) is 6. The van der Waals surface area contributed by atoms with Crippen molar-refractivity contribution in [3.8, 4) is 17.6 Å². The molecule has 0 saturated carbocycles. The highest BCUT2D eigenvalue weighted by molar-refractivity contribution is 5.98. The highest BCUT2D eigenvalue weighted by Gasteiger charge is 2.26. The SMILES string of the molecule is N#Cc1cc2c(c(C(=O)NC[C@@H]3CCNC[C@H]3O)c1)OCCO2. The molecule has 0 unspecified atom stereocenters. The van der Waals surface area contributed by atoms with E-state index < -0.39 is 6.10 Å². The average molecular weight is 317 g/mol. The molecule has 1 fully saturated rings. The number of nitrogens with one attached hydrogen (secondary N) is 2. The Labute approximate surface area is 134 Å². The number of nitriles is 1. The third kappa shape index (κ3) is 3.38. The van der Waals surface area contributed by atoms with Crippen LogP contribution in [-0.4, -0.2) is 50.0 Å². The Bertz CT molecular complexity index is 641. The summed E-state index contributed by atoms with van der Waals surface area (Å²) < 4.78 is 11.0. The maximum Gasteiger partial charge on any atom is 0.255 e. The normalized spacial score (nSPS) is 23.0. The summed E-state index contributed by atoms with van der Waals surface area (Å²) in [6, 6.07) is 5.09. The van der Waals surface area contributed by atoms with Gasteiger partial charge in [-0.2, -0.15) is 5.26 Å². The molecule has 1 amide bonds. The summed E-state index contributed by atoms with van der Waals surface area (Å²) in [6.45, 7) is 2.51. The van der Waals surface area contributed by atoms with E-state index in [1.807, 2.05) is 6.07 Å². The van der Waals surface area contributed by atoms with Crippen LogP contribution >= 0.6 is 0 Å². The van der Waals surface area contributed by atoms with Gasteiger partial charge in [0.2, 0.25) is 0 Å². The van der Waals surface area contributed by atoms with Gasteiger partial charge in [-0.05, 0) is 19.0 Å². The Kier molecular flexibility index (Phi) is 4.65. The molecule has 7 nitrogen and oxygen atoms in total. The Balaban J connectivity index is 1.75. The zero-order valence-electron chi connectivity index (χ0n) is 12.7. The second-order valence-corrected chi connectivity index (χ2v) is 5.69. The van der Waals surface area contributed by atoms with Crippen LogP contribution in [0.2, 0.25) is 0 Å². The summed E-state index contributed by atoms with van der Waals surface area (Å²) in [6.07, 6.45) is 0.334. The van der Waals surface area contributed by atoms with Gasteiger partial charge < -0.3 is 25.2 Å². The Hall–Kier alpha value is -2.30. The van der Waals surface area contributed by atoms with Crippen LogP contribution in [0.15, 0.2) is 12.1 Å². The number of aliphatic hydroxyl groups excluding tert-OH is 1. The molecule has 23 heavy (non-hydrogen) atoms. The highest BCUT2D eigenvalue weighted by atomic mass is 16.6. The number of nitrogens with zero attached hydrogens (tertiary/aromatic N) is 1. The number of fused-ring (bicyclic) bond motifs is 1. The molecule has 2 heterocycles. The lowest BCUT2D eigenvalue weighted by atomic mass is 9.95. The van der Waals surface area contributed by atoms with Gasteiger partial charge in [-0.15, -0.1) is 0 Å². The number of benzene rings is 1. The van der Waals surface area contributed by atoms with Gasteiger partial charge >= 0.3 is 0 Å². The third-order valence-electron chi connectivity index (χ3n) is 4.13. The van der Waals surface area contributed by atoms with Crippen molar-refractivity contribution in [2.75, 3.05) is 32.8 Å². The number of aliphatic hydroxyl groups is 1. The molecule has 0 spiro atoms. The molecule has 0 aliphatic carbocycles. The van der Waals surface area contributed by atoms with Crippen molar-refractivity contribution in [2.45, 2.75) is 12.5 Å². The van der Waals surface area contributed by atoms with Crippen LogP contribution in [0.1, 0.15) is 22.3 Å². The van der Waals surface area contributed by atoms with Crippen LogP contribution < -0.4 is 20.1 Å². The summed E-state index contributed by atoms with van der Waals surface area (Å²) in [7, 11) is 0. The molecule has 3 rings (SSSR count). The highest BCUT2D eigenvalue weighted by Crippen LogP contribution is 2.35. The fourth-order valence-electron chi connectivity index (χ4n) is 2.84. The van der Waals surface area contributed by atoms with Gasteiger partial charge in [0.15, 0.2) is 11.5 Å². The molecule has 0 bridgehead atoms. The number of carbonyl (C=O) groups is 1. The summed E-state index contributed by atoms with van der Waals surface area (Å²) in [5.41, 5.74) is 0.642. The van der Waals surface area contributed by atoms with Gasteiger partial charge in [-0.1, -0.05) is 0 Å². The van der Waals surface area contributed by atoms with Crippen LogP contribution in [0.25, 0.3) is 0 Å². The Morgan fingerprint density at radius 1 is 1.43 bits per heavy atom. The lowest BCUT2D eigenvalue weighted by Gasteiger charge is -2.28. The van der Waals surface area contributed by atoms with Crippen molar-refractivity contribution < 1.29 is 19.4 Å². The van der Waals surface area contributed by atoms with E-state index in [0.29, 0.717) is 48.9 Å². The summed E-state index contributed by atoms with van der Waals surface area (Å²) in [5, 5.41) is 25.0. The van der Waals surface area contributed by atoms with E-state index in [0.717, 1.165) is 13.0 Å². The van der Waals surface area contributed by atoms with E-state index in [4.69, 9.17) is 14.7 Å². The number of hydrogen-bond donors (Lipinski definition) is 3. The summed E-state index contributed by atoms with van der Waals surface area (Å²) >= 11 is 0. The van der Waals surface area contributed by atoms with Crippen LogP contribution in [0.4, 0.5) is 0 Å². The maximum atomic E-state index is 12.5. The van der Waals surface area contributed by atoms with E-state index in [1.54, 1.807) is 6.07 Å². The van der Waals surface area contributed by atoms with E-state index in [1.165, 1.54) is 6.07 Å².